The number of aryl methyl sites for hydroxylation is 2. The normalized spacial score (nSPS) is 10.9. The van der Waals surface area contributed by atoms with Crippen molar-refractivity contribution in [3.05, 3.63) is 17.1 Å². The number of nitrogens with zero attached hydrogens (tertiary/aromatic N) is 2. The first-order chi connectivity index (χ1) is 8.10. The second kappa shape index (κ2) is 6.51. The molecule has 0 aromatic carbocycles. The van der Waals surface area contributed by atoms with Crippen LogP contribution in [0.15, 0.2) is 0 Å². The van der Waals surface area contributed by atoms with Crippen molar-refractivity contribution in [1.82, 2.24) is 9.97 Å². The van der Waals surface area contributed by atoms with Gasteiger partial charge in [0, 0.05) is 31.4 Å². The molecular formula is C12H22N4O. The molecule has 0 unspecified atom stereocenters. The van der Waals surface area contributed by atoms with E-state index in [4.69, 9.17) is 10.6 Å². The molecule has 0 bridgehead atoms. The average Bonchev–Trinajstić information content (AvgIpc) is 2.27. The maximum atomic E-state index is 5.52. The molecule has 1 heterocycles. The lowest BCUT2D eigenvalue weighted by Gasteiger charge is -2.15. The molecule has 0 radical (unpaired) electrons. The molecule has 0 aliphatic rings. The summed E-state index contributed by atoms with van der Waals surface area (Å²) in [6, 6.07) is 0. The zero-order chi connectivity index (χ0) is 12.8. The van der Waals surface area contributed by atoms with Crippen molar-refractivity contribution >= 4 is 5.82 Å². The second-order valence-corrected chi connectivity index (χ2v) is 4.38. The van der Waals surface area contributed by atoms with Crippen molar-refractivity contribution in [2.75, 3.05) is 19.1 Å². The Morgan fingerprint density at radius 2 is 2.06 bits per heavy atom. The Morgan fingerprint density at radius 1 is 1.35 bits per heavy atom. The number of anilines is 1. The minimum atomic E-state index is 0.356. The van der Waals surface area contributed by atoms with Crippen LogP contribution >= 0.6 is 0 Å². The van der Waals surface area contributed by atoms with Crippen LogP contribution in [0.2, 0.25) is 0 Å². The summed E-state index contributed by atoms with van der Waals surface area (Å²) in [6.07, 6.45) is 1.72. The number of nitrogens with two attached hydrogens (primary N) is 1. The topological polar surface area (TPSA) is 73.1 Å². The summed E-state index contributed by atoms with van der Waals surface area (Å²) in [5.74, 6) is 7.42. The van der Waals surface area contributed by atoms with Gasteiger partial charge in [0.2, 0.25) is 0 Å². The first kappa shape index (κ1) is 13.9. The number of hydrazine groups is 1. The maximum absolute atomic E-state index is 5.52. The minimum Gasteiger partial charge on any atom is -0.385 e. The van der Waals surface area contributed by atoms with Crippen LogP contribution in [-0.2, 0) is 11.2 Å². The highest BCUT2D eigenvalue weighted by atomic mass is 16.5. The Bertz CT molecular complexity index is 366. The van der Waals surface area contributed by atoms with Crippen molar-refractivity contribution < 1.29 is 4.74 Å². The lowest BCUT2D eigenvalue weighted by atomic mass is 10.0. The molecule has 0 fully saturated rings. The van der Waals surface area contributed by atoms with Gasteiger partial charge in [0.15, 0.2) is 0 Å². The van der Waals surface area contributed by atoms with E-state index in [0.29, 0.717) is 5.92 Å². The van der Waals surface area contributed by atoms with Crippen molar-refractivity contribution in [3.63, 3.8) is 0 Å². The van der Waals surface area contributed by atoms with E-state index in [1.54, 1.807) is 7.11 Å². The van der Waals surface area contributed by atoms with Gasteiger partial charge in [-0.25, -0.2) is 15.8 Å². The van der Waals surface area contributed by atoms with Gasteiger partial charge in [0.25, 0.3) is 0 Å². The molecule has 17 heavy (non-hydrogen) atoms. The quantitative estimate of drug-likeness (QED) is 0.449. The molecule has 0 saturated carbocycles. The van der Waals surface area contributed by atoms with Crippen LogP contribution < -0.4 is 11.3 Å². The van der Waals surface area contributed by atoms with Crippen molar-refractivity contribution in [2.24, 2.45) is 5.84 Å². The fraction of sp³-hybridized carbons (Fsp3) is 0.667. The maximum Gasteiger partial charge on any atom is 0.147 e. The van der Waals surface area contributed by atoms with Crippen molar-refractivity contribution in [1.29, 1.82) is 0 Å². The molecule has 5 nitrogen and oxygen atoms in total. The molecular weight excluding hydrogens is 216 g/mol. The van der Waals surface area contributed by atoms with E-state index >= 15 is 0 Å². The van der Waals surface area contributed by atoms with Gasteiger partial charge in [-0.05, 0) is 19.3 Å². The summed E-state index contributed by atoms with van der Waals surface area (Å²) < 4.78 is 5.02. The third-order valence-corrected chi connectivity index (χ3v) is 2.65. The van der Waals surface area contributed by atoms with E-state index in [2.05, 4.69) is 29.2 Å². The Kier molecular flexibility index (Phi) is 5.31. The molecule has 0 aliphatic heterocycles. The first-order valence-electron chi connectivity index (χ1n) is 5.93. The molecule has 0 saturated heterocycles. The van der Waals surface area contributed by atoms with Gasteiger partial charge in [0.05, 0.1) is 0 Å². The van der Waals surface area contributed by atoms with Gasteiger partial charge < -0.3 is 10.2 Å². The third-order valence-electron chi connectivity index (χ3n) is 2.65. The lowest BCUT2D eigenvalue weighted by molar-refractivity contribution is 0.194. The highest BCUT2D eigenvalue weighted by Crippen LogP contribution is 2.24. The predicted molar refractivity (Wildman–Crippen MR) is 68.9 cm³/mol. The molecule has 0 aliphatic carbocycles. The number of hydrogen-bond acceptors (Lipinski definition) is 5. The highest BCUT2D eigenvalue weighted by Gasteiger charge is 2.13. The molecule has 0 spiro atoms. The number of nitrogens with one attached hydrogen (secondary N) is 1. The number of nitrogen functional groups attached to an aromatic ring is 1. The summed E-state index contributed by atoms with van der Waals surface area (Å²) in [5.41, 5.74) is 4.75. The van der Waals surface area contributed by atoms with E-state index in [0.717, 1.165) is 42.3 Å². The third kappa shape index (κ3) is 3.64. The summed E-state index contributed by atoms with van der Waals surface area (Å²) in [4.78, 5) is 8.95. The van der Waals surface area contributed by atoms with Crippen LogP contribution in [0.3, 0.4) is 0 Å². The number of rotatable bonds is 6. The van der Waals surface area contributed by atoms with Gasteiger partial charge in [-0.1, -0.05) is 13.8 Å². The van der Waals surface area contributed by atoms with E-state index in [9.17, 15) is 0 Å². The number of ether oxygens (including phenoxy) is 1. The Labute approximate surface area is 103 Å². The SMILES string of the molecule is COCCCc1nc(C)c(C(C)C)c(NN)n1. The molecule has 1 aromatic heterocycles. The molecule has 5 heteroatoms. The van der Waals surface area contributed by atoms with Crippen LogP contribution in [0.25, 0.3) is 0 Å². The lowest BCUT2D eigenvalue weighted by Crippen LogP contribution is -2.15. The highest BCUT2D eigenvalue weighted by molar-refractivity contribution is 5.47. The van der Waals surface area contributed by atoms with Crippen LogP contribution in [0.4, 0.5) is 5.82 Å². The molecule has 96 valence electrons. The monoisotopic (exact) mass is 238 g/mol. The summed E-state index contributed by atoms with van der Waals surface area (Å²) >= 11 is 0. The van der Waals surface area contributed by atoms with Crippen LogP contribution in [-0.4, -0.2) is 23.7 Å². The van der Waals surface area contributed by atoms with Crippen LogP contribution in [0.5, 0.6) is 0 Å². The largest absolute Gasteiger partial charge is 0.385 e. The van der Waals surface area contributed by atoms with Crippen molar-refractivity contribution in [2.45, 2.75) is 39.5 Å². The van der Waals surface area contributed by atoms with Gasteiger partial charge in [0.1, 0.15) is 11.6 Å². The number of hydrogen-bond donors (Lipinski definition) is 2. The van der Waals surface area contributed by atoms with E-state index in [1.807, 2.05) is 6.92 Å². The van der Waals surface area contributed by atoms with Crippen molar-refractivity contribution in [3.8, 4) is 0 Å². The molecule has 0 atom stereocenters. The van der Waals surface area contributed by atoms with Gasteiger partial charge in [-0.2, -0.15) is 0 Å². The predicted octanol–water partition coefficient (Wildman–Crippen LogP) is 1.77. The standard InChI is InChI=1S/C12H22N4O/c1-8(2)11-9(3)14-10(6-5-7-17-4)15-12(11)16-13/h8H,5-7,13H2,1-4H3,(H,14,15,16). The smallest absolute Gasteiger partial charge is 0.147 e. The fourth-order valence-electron chi connectivity index (χ4n) is 1.93. The first-order valence-corrected chi connectivity index (χ1v) is 5.93. The summed E-state index contributed by atoms with van der Waals surface area (Å²) in [5, 5.41) is 0. The van der Waals surface area contributed by atoms with Gasteiger partial charge in [-0.3, -0.25) is 0 Å². The van der Waals surface area contributed by atoms with Gasteiger partial charge >= 0.3 is 0 Å². The summed E-state index contributed by atoms with van der Waals surface area (Å²) in [7, 11) is 1.70. The number of aromatic nitrogens is 2. The minimum absolute atomic E-state index is 0.356. The Hall–Kier alpha value is -1.20. The van der Waals surface area contributed by atoms with E-state index in [-0.39, 0.29) is 0 Å². The fourth-order valence-corrected chi connectivity index (χ4v) is 1.93. The van der Waals surface area contributed by atoms with E-state index < -0.39 is 0 Å². The van der Waals surface area contributed by atoms with E-state index in [1.165, 1.54) is 0 Å². The number of methoxy groups -OCH3 is 1. The zero-order valence-corrected chi connectivity index (χ0v) is 11.1. The molecule has 0 amide bonds. The van der Waals surface area contributed by atoms with Crippen LogP contribution in [0.1, 0.15) is 43.3 Å². The van der Waals surface area contributed by atoms with Crippen LogP contribution in [0, 0.1) is 6.92 Å². The second-order valence-electron chi connectivity index (χ2n) is 4.38. The molecule has 1 rings (SSSR count). The van der Waals surface area contributed by atoms with Gasteiger partial charge in [-0.15, -0.1) is 0 Å². The summed E-state index contributed by atoms with van der Waals surface area (Å²) in [6.45, 7) is 6.94. The average molecular weight is 238 g/mol. The molecule has 3 N–H and O–H groups in total. The zero-order valence-electron chi connectivity index (χ0n) is 11.1. The Balaban J connectivity index is 2.92. The Morgan fingerprint density at radius 3 is 2.59 bits per heavy atom. The molecule has 1 aromatic rings.